The lowest BCUT2D eigenvalue weighted by Crippen LogP contribution is -2.25. The van der Waals surface area contributed by atoms with Gasteiger partial charge in [-0.1, -0.05) is 11.6 Å². The van der Waals surface area contributed by atoms with Gasteiger partial charge in [-0.05, 0) is 36.8 Å². The topological polar surface area (TPSA) is 56.5 Å². The number of aryl methyl sites for hydroxylation is 1. The molecule has 4 nitrogen and oxygen atoms in total. The number of benzene rings is 2. The van der Waals surface area contributed by atoms with E-state index in [4.69, 9.17) is 17.3 Å². The van der Waals surface area contributed by atoms with Crippen molar-refractivity contribution in [2.45, 2.75) is 13.2 Å². The Kier molecular flexibility index (Phi) is 3.06. The first-order valence-electron chi connectivity index (χ1n) is 6.06. The van der Waals surface area contributed by atoms with Crippen molar-refractivity contribution in [1.29, 1.82) is 0 Å². The highest BCUT2D eigenvalue weighted by molar-refractivity contribution is 6.33. The molecule has 0 saturated carbocycles. The molecule has 0 amide bonds. The summed E-state index contributed by atoms with van der Waals surface area (Å²) in [6.07, 6.45) is -3.62. The monoisotopic (exact) mass is 312 g/mol. The maximum Gasteiger partial charge on any atom is 0.586 e. The van der Waals surface area contributed by atoms with Crippen molar-refractivity contribution < 1.29 is 18.3 Å². The Hall–Kier alpha value is -2.21. The molecule has 2 aromatic carbocycles. The number of fused-ring (bicyclic) bond motifs is 1. The van der Waals surface area contributed by atoms with Crippen LogP contribution in [0.1, 0.15) is 5.56 Å². The number of halogens is 3. The van der Waals surface area contributed by atoms with Crippen LogP contribution in [0, 0.1) is 6.92 Å². The van der Waals surface area contributed by atoms with E-state index in [1.165, 1.54) is 12.1 Å². The third-order valence-corrected chi connectivity index (χ3v) is 3.35. The van der Waals surface area contributed by atoms with Gasteiger partial charge in [0, 0.05) is 17.4 Å². The molecule has 0 atom stereocenters. The van der Waals surface area contributed by atoms with Crippen LogP contribution in [0.2, 0.25) is 5.02 Å². The first-order chi connectivity index (χ1) is 9.84. The molecule has 7 heteroatoms. The van der Waals surface area contributed by atoms with Gasteiger partial charge in [0.05, 0.1) is 10.7 Å². The number of nitrogens with two attached hydrogens (primary N) is 1. The molecule has 0 bridgehead atoms. The normalized spacial score (nSPS) is 15.0. The lowest BCUT2D eigenvalue weighted by atomic mass is 10.1. The predicted octanol–water partition coefficient (Wildman–Crippen LogP) is 4.30. The third kappa shape index (κ3) is 2.67. The highest BCUT2D eigenvalue weighted by atomic mass is 35.5. The molecule has 21 heavy (non-hydrogen) atoms. The zero-order chi connectivity index (χ0) is 15.2. The van der Waals surface area contributed by atoms with Crippen LogP contribution in [0.25, 0.3) is 0 Å². The second-order valence-electron chi connectivity index (χ2n) is 4.64. The minimum absolute atomic E-state index is 0.00221. The number of nitrogens with one attached hydrogen (secondary N) is 1. The van der Waals surface area contributed by atoms with Gasteiger partial charge in [-0.3, -0.25) is 0 Å². The van der Waals surface area contributed by atoms with Crippen LogP contribution >= 0.6 is 11.6 Å². The largest absolute Gasteiger partial charge is 0.586 e. The van der Waals surface area contributed by atoms with Gasteiger partial charge in [0.15, 0.2) is 11.5 Å². The van der Waals surface area contributed by atoms with Crippen molar-refractivity contribution >= 4 is 28.7 Å². The molecule has 0 aliphatic carbocycles. The minimum atomic E-state index is -3.62. The van der Waals surface area contributed by atoms with E-state index in [1.807, 2.05) is 6.92 Å². The Morgan fingerprint density at radius 1 is 1.14 bits per heavy atom. The summed E-state index contributed by atoms with van der Waals surface area (Å²) in [4.78, 5) is 0. The van der Waals surface area contributed by atoms with Crippen molar-refractivity contribution in [3.63, 3.8) is 0 Å². The molecule has 1 heterocycles. The molecule has 0 radical (unpaired) electrons. The van der Waals surface area contributed by atoms with Crippen LogP contribution in [0.3, 0.4) is 0 Å². The molecule has 3 N–H and O–H groups in total. The van der Waals surface area contributed by atoms with Crippen molar-refractivity contribution in [3.05, 3.63) is 40.9 Å². The Morgan fingerprint density at radius 3 is 2.62 bits per heavy atom. The lowest BCUT2D eigenvalue weighted by Gasteiger charge is -2.11. The smallest absolute Gasteiger partial charge is 0.398 e. The zero-order valence-electron chi connectivity index (χ0n) is 10.9. The number of hydrogen-bond acceptors (Lipinski definition) is 4. The molecule has 3 rings (SSSR count). The number of alkyl halides is 2. The van der Waals surface area contributed by atoms with Crippen LogP contribution < -0.4 is 20.5 Å². The number of anilines is 3. The number of rotatable bonds is 2. The Bertz CT molecular complexity index is 722. The van der Waals surface area contributed by atoms with Gasteiger partial charge < -0.3 is 20.5 Å². The van der Waals surface area contributed by atoms with Crippen LogP contribution in [0.15, 0.2) is 30.3 Å². The average molecular weight is 313 g/mol. The van der Waals surface area contributed by atoms with Crippen molar-refractivity contribution in [2.75, 3.05) is 11.1 Å². The van der Waals surface area contributed by atoms with Gasteiger partial charge in [-0.25, -0.2) is 0 Å². The Labute approximate surface area is 124 Å². The zero-order valence-corrected chi connectivity index (χ0v) is 11.7. The molecule has 1 aliphatic rings. The first-order valence-corrected chi connectivity index (χ1v) is 6.44. The predicted molar refractivity (Wildman–Crippen MR) is 76.5 cm³/mol. The number of nitrogen functional groups attached to an aromatic ring is 1. The fourth-order valence-corrected chi connectivity index (χ4v) is 2.18. The van der Waals surface area contributed by atoms with E-state index in [9.17, 15) is 8.78 Å². The van der Waals surface area contributed by atoms with Crippen molar-refractivity contribution in [3.8, 4) is 11.5 Å². The van der Waals surface area contributed by atoms with Gasteiger partial charge in [-0.15, -0.1) is 8.78 Å². The summed E-state index contributed by atoms with van der Waals surface area (Å²) in [6.45, 7) is 1.86. The summed E-state index contributed by atoms with van der Waals surface area (Å²) in [6, 6.07) is 7.84. The third-order valence-electron chi connectivity index (χ3n) is 3.02. The van der Waals surface area contributed by atoms with Gasteiger partial charge in [0.25, 0.3) is 0 Å². The number of ether oxygens (including phenoxy) is 2. The molecular formula is C14H11ClF2N2O2. The Morgan fingerprint density at radius 2 is 1.86 bits per heavy atom. The highest BCUT2D eigenvalue weighted by Gasteiger charge is 2.43. The standard InChI is InChI=1S/C14H11ClF2N2O2/c1-7-4-10(18)9(15)6-11(7)19-8-2-3-12-13(5-8)21-14(16,17)20-12/h2-6,19H,18H2,1H3. The van der Waals surface area contributed by atoms with E-state index in [-0.39, 0.29) is 11.5 Å². The summed E-state index contributed by atoms with van der Waals surface area (Å²) in [5.41, 5.74) is 8.35. The van der Waals surface area contributed by atoms with E-state index < -0.39 is 6.29 Å². The molecule has 2 aromatic rings. The molecule has 0 saturated heterocycles. The van der Waals surface area contributed by atoms with Crippen LogP contribution in [-0.2, 0) is 0 Å². The van der Waals surface area contributed by atoms with E-state index in [0.29, 0.717) is 16.4 Å². The van der Waals surface area contributed by atoms with Crippen LogP contribution in [0.4, 0.5) is 25.8 Å². The lowest BCUT2D eigenvalue weighted by molar-refractivity contribution is -0.286. The molecule has 110 valence electrons. The molecule has 1 aliphatic heterocycles. The molecule has 0 fully saturated rings. The molecular weight excluding hydrogens is 302 g/mol. The second kappa shape index (κ2) is 4.66. The summed E-state index contributed by atoms with van der Waals surface area (Å²) in [7, 11) is 0. The summed E-state index contributed by atoms with van der Waals surface area (Å²) >= 11 is 5.97. The molecule has 0 unspecified atom stereocenters. The minimum Gasteiger partial charge on any atom is -0.398 e. The van der Waals surface area contributed by atoms with Crippen LogP contribution in [-0.4, -0.2) is 6.29 Å². The maximum atomic E-state index is 13.0. The Balaban J connectivity index is 1.89. The average Bonchev–Trinajstić information content (AvgIpc) is 2.69. The fourth-order valence-electron chi connectivity index (χ4n) is 2.02. The van der Waals surface area contributed by atoms with Crippen molar-refractivity contribution in [1.82, 2.24) is 0 Å². The van der Waals surface area contributed by atoms with Gasteiger partial charge in [0.2, 0.25) is 0 Å². The number of hydrogen-bond donors (Lipinski definition) is 2. The van der Waals surface area contributed by atoms with E-state index in [1.54, 1.807) is 18.2 Å². The second-order valence-corrected chi connectivity index (χ2v) is 5.05. The molecule has 0 spiro atoms. The van der Waals surface area contributed by atoms with Crippen molar-refractivity contribution in [2.24, 2.45) is 0 Å². The van der Waals surface area contributed by atoms with E-state index in [2.05, 4.69) is 14.8 Å². The maximum absolute atomic E-state index is 13.0. The summed E-state index contributed by atoms with van der Waals surface area (Å²) < 4.78 is 34.7. The SMILES string of the molecule is Cc1cc(N)c(Cl)cc1Nc1ccc2c(c1)OC(F)(F)O2. The van der Waals surface area contributed by atoms with Gasteiger partial charge >= 0.3 is 6.29 Å². The first kappa shape index (κ1) is 13.8. The van der Waals surface area contributed by atoms with Crippen LogP contribution in [0.5, 0.6) is 11.5 Å². The van der Waals surface area contributed by atoms with Gasteiger partial charge in [0.1, 0.15) is 0 Å². The fraction of sp³-hybridized carbons (Fsp3) is 0.143. The molecule has 0 aromatic heterocycles. The summed E-state index contributed by atoms with van der Waals surface area (Å²) in [5, 5.41) is 3.49. The van der Waals surface area contributed by atoms with E-state index >= 15 is 0 Å². The highest BCUT2D eigenvalue weighted by Crippen LogP contribution is 2.42. The quantitative estimate of drug-likeness (QED) is 0.812. The summed E-state index contributed by atoms with van der Waals surface area (Å²) in [5.74, 6) is -0.0261. The van der Waals surface area contributed by atoms with Gasteiger partial charge in [-0.2, -0.15) is 0 Å². The van der Waals surface area contributed by atoms with E-state index in [0.717, 1.165) is 11.3 Å².